The maximum absolute atomic E-state index is 13.9. The Morgan fingerprint density at radius 3 is 2.37 bits per heavy atom. The predicted molar refractivity (Wildman–Crippen MR) is 131 cm³/mol. The number of aryl methyl sites for hydroxylation is 1. The topological polar surface area (TPSA) is 109 Å². The van der Waals surface area contributed by atoms with Crippen LogP contribution in [0.5, 0.6) is 23.0 Å². The fraction of sp³-hybridized carbons (Fsp3) is 0.231. The molecule has 0 saturated carbocycles. The van der Waals surface area contributed by atoms with Crippen molar-refractivity contribution >= 4 is 11.6 Å². The van der Waals surface area contributed by atoms with Gasteiger partial charge in [0.25, 0.3) is 5.56 Å². The lowest BCUT2D eigenvalue weighted by Crippen LogP contribution is -2.33. The molecule has 1 atom stereocenters. The number of pyridine rings is 1. The van der Waals surface area contributed by atoms with E-state index in [1.165, 1.54) is 21.3 Å². The van der Waals surface area contributed by atoms with E-state index in [9.17, 15) is 10.1 Å². The third-order valence-corrected chi connectivity index (χ3v) is 6.17. The normalized spacial score (nSPS) is 14.6. The second-order valence-electron chi connectivity index (χ2n) is 7.97. The average Bonchev–Trinajstić information content (AvgIpc) is 2.85. The first-order valence-corrected chi connectivity index (χ1v) is 11.1. The number of nitrogens with zero attached hydrogens (tertiary/aromatic N) is 2. The Bertz CT molecular complexity index is 1410. The first-order valence-electron chi connectivity index (χ1n) is 10.7. The van der Waals surface area contributed by atoms with Gasteiger partial charge in [0, 0.05) is 16.8 Å². The fourth-order valence-electron chi connectivity index (χ4n) is 4.31. The van der Waals surface area contributed by atoms with Crippen molar-refractivity contribution in [2.24, 2.45) is 5.73 Å². The van der Waals surface area contributed by atoms with Crippen LogP contribution in [0.1, 0.15) is 28.3 Å². The van der Waals surface area contributed by atoms with E-state index < -0.39 is 5.92 Å². The maximum Gasteiger partial charge on any atom is 0.259 e. The number of fused-ring (bicyclic) bond motifs is 1. The summed E-state index contributed by atoms with van der Waals surface area (Å²) in [5.74, 6) is 0.978. The van der Waals surface area contributed by atoms with Crippen LogP contribution >= 0.6 is 11.6 Å². The number of allylic oxidation sites excluding steroid dienone is 1. The molecule has 2 N–H and O–H groups in total. The molecule has 2 aromatic carbocycles. The Kier molecular flexibility index (Phi) is 6.63. The van der Waals surface area contributed by atoms with Crippen LogP contribution in [-0.2, 0) is 6.54 Å². The third kappa shape index (κ3) is 4.27. The van der Waals surface area contributed by atoms with Gasteiger partial charge < -0.3 is 29.2 Å². The van der Waals surface area contributed by atoms with Crippen LogP contribution in [0.2, 0.25) is 5.02 Å². The number of methoxy groups -OCH3 is 3. The van der Waals surface area contributed by atoms with Crippen molar-refractivity contribution in [1.29, 1.82) is 5.26 Å². The first-order chi connectivity index (χ1) is 16.8. The molecular weight excluding hydrogens is 470 g/mol. The molecule has 4 rings (SSSR count). The van der Waals surface area contributed by atoms with Crippen LogP contribution in [0, 0.1) is 18.3 Å². The minimum atomic E-state index is -0.721. The maximum atomic E-state index is 13.9. The minimum Gasteiger partial charge on any atom is -0.493 e. The summed E-state index contributed by atoms with van der Waals surface area (Å²) in [6, 6.07) is 14.4. The minimum absolute atomic E-state index is 0.0360. The molecule has 0 amide bonds. The van der Waals surface area contributed by atoms with E-state index in [2.05, 4.69) is 6.07 Å². The van der Waals surface area contributed by atoms with E-state index in [4.69, 9.17) is 36.3 Å². The van der Waals surface area contributed by atoms with Crippen LogP contribution in [0.15, 0.2) is 58.7 Å². The van der Waals surface area contributed by atoms with Gasteiger partial charge in [-0.15, -0.1) is 0 Å². The van der Waals surface area contributed by atoms with Crippen molar-refractivity contribution in [2.75, 3.05) is 21.3 Å². The van der Waals surface area contributed by atoms with E-state index in [0.29, 0.717) is 44.8 Å². The largest absolute Gasteiger partial charge is 0.493 e. The standard InChI is InChI=1S/C26H24ClN3O5/c1-14-8-19-23(22(18(12-28)25(29)35-19)16-6-5-7-17(27)11-16)26(31)30(14)13-15-9-20(32-2)24(34-4)21(10-15)33-3/h5-11,22H,13,29H2,1-4H3. The van der Waals surface area contributed by atoms with E-state index >= 15 is 0 Å². The number of halogens is 1. The smallest absolute Gasteiger partial charge is 0.259 e. The van der Waals surface area contributed by atoms with E-state index in [-0.39, 0.29) is 23.6 Å². The zero-order valence-corrected chi connectivity index (χ0v) is 20.5. The van der Waals surface area contributed by atoms with Gasteiger partial charge in [-0.05, 0) is 42.3 Å². The molecular formula is C26H24ClN3O5. The Hall–Kier alpha value is -4.09. The van der Waals surface area contributed by atoms with Crippen LogP contribution in [0.4, 0.5) is 0 Å². The number of hydrogen-bond acceptors (Lipinski definition) is 7. The summed E-state index contributed by atoms with van der Waals surface area (Å²) in [6.45, 7) is 2.02. The molecule has 8 nitrogen and oxygen atoms in total. The van der Waals surface area contributed by atoms with Crippen molar-refractivity contribution in [3.63, 3.8) is 0 Å². The highest BCUT2D eigenvalue weighted by Gasteiger charge is 2.34. The van der Waals surface area contributed by atoms with Crippen molar-refractivity contribution in [2.45, 2.75) is 19.4 Å². The molecule has 0 fully saturated rings. The first kappa shape index (κ1) is 24.0. The quantitative estimate of drug-likeness (QED) is 0.550. The van der Waals surface area contributed by atoms with Gasteiger partial charge >= 0.3 is 0 Å². The molecule has 0 spiro atoms. The molecule has 1 aliphatic heterocycles. The average molecular weight is 494 g/mol. The van der Waals surface area contributed by atoms with E-state index in [1.54, 1.807) is 54.0 Å². The number of benzene rings is 2. The van der Waals surface area contributed by atoms with Gasteiger partial charge in [-0.25, -0.2) is 0 Å². The molecule has 3 aromatic rings. The molecule has 2 heterocycles. The van der Waals surface area contributed by atoms with Crippen molar-refractivity contribution < 1.29 is 18.9 Å². The highest BCUT2D eigenvalue weighted by molar-refractivity contribution is 6.30. The van der Waals surface area contributed by atoms with Gasteiger partial charge in [-0.1, -0.05) is 23.7 Å². The molecule has 180 valence electrons. The molecule has 1 aliphatic rings. The predicted octanol–water partition coefficient (Wildman–Crippen LogP) is 4.10. The SMILES string of the molecule is COc1cc(Cn2c(C)cc3c(c2=O)C(c2cccc(Cl)c2)C(C#N)=C(N)O3)cc(OC)c1OC. The van der Waals surface area contributed by atoms with Crippen molar-refractivity contribution in [1.82, 2.24) is 4.57 Å². The zero-order chi connectivity index (χ0) is 25.3. The lowest BCUT2D eigenvalue weighted by Gasteiger charge is -2.27. The molecule has 0 radical (unpaired) electrons. The van der Waals surface area contributed by atoms with Gasteiger partial charge in [0.1, 0.15) is 17.4 Å². The lowest BCUT2D eigenvalue weighted by atomic mass is 9.84. The summed E-state index contributed by atoms with van der Waals surface area (Å²) >= 11 is 6.23. The van der Waals surface area contributed by atoms with E-state index in [1.807, 2.05) is 0 Å². The highest BCUT2D eigenvalue weighted by atomic mass is 35.5. The molecule has 0 aliphatic carbocycles. The van der Waals surface area contributed by atoms with Crippen molar-refractivity contribution in [3.8, 4) is 29.1 Å². The van der Waals surface area contributed by atoms with Crippen molar-refractivity contribution in [3.05, 3.63) is 91.7 Å². The second kappa shape index (κ2) is 9.65. The lowest BCUT2D eigenvalue weighted by molar-refractivity contribution is 0.323. The zero-order valence-electron chi connectivity index (χ0n) is 19.7. The van der Waals surface area contributed by atoms with Gasteiger partial charge in [-0.2, -0.15) is 5.26 Å². The second-order valence-corrected chi connectivity index (χ2v) is 8.40. The number of aromatic nitrogens is 1. The molecule has 1 aromatic heterocycles. The summed E-state index contributed by atoms with van der Waals surface area (Å²) in [4.78, 5) is 13.9. The number of hydrogen-bond donors (Lipinski definition) is 1. The third-order valence-electron chi connectivity index (χ3n) is 5.94. The Labute approximate surface area is 207 Å². The molecule has 35 heavy (non-hydrogen) atoms. The number of rotatable bonds is 6. The Balaban J connectivity index is 1.90. The summed E-state index contributed by atoms with van der Waals surface area (Å²) in [7, 11) is 4.59. The molecule has 0 saturated heterocycles. The van der Waals surface area contributed by atoms with Gasteiger partial charge in [-0.3, -0.25) is 4.79 Å². The fourth-order valence-corrected chi connectivity index (χ4v) is 4.51. The molecule has 9 heteroatoms. The van der Waals surface area contributed by atoms with Crippen LogP contribution in [0.25, 0.3) is 0 Å². The van der Waals surface area contributed by atoms with Crippen LogP contribution < -0.4 is 30.2 Å². The van der Waals surface area contributed by atoms with E-state index in [0.717, 1.165) is 5.56 Å². The van der Waals surface area contributed by atoms with Gasteiger partial charge in [0.15, 0.2) is 11.5 Å². The summed E-state index contributed by atoms with van der Waals surface area (Å²) in [5, 5.41) is 10.3. The van der Waals surface area contributed by atoms with Gasteiger partial charge in [0.05, 0.1) is 39.4 Å². The number of nitrogens with two attached hydrogens (primary N) is 1. The monoisotopic (exact) mass is 493 g/mol. The molecule has 1 unspecified atom stereocenters. The highest BCUT2D eigenvalue weighted by Crippen LogP contribution is 2.42. The summed E-state index contributed by atoms with van der Waals surface area (Å²) in [5.41, 5.74) is 8.32. The molecule has 0 bridgehead atoms. The van der Waals surface area contributed by atoms with Gasteiger partial charge in [0.2, 0.25) is 11.6 Å². The Morgan fingerprint density at radius 1 is 1.11 bits per heavy atom. The van der Waals surface area contributed by atoms with Crippen LogP contribution in [0.3, 0.4) is 0 Å². The number of nitriles is 1. The summed E-state index contributed by atoms with van der Waals surface area (Å²) in [6.07, 6.45) is 0. The summed E-state index contributed by atoms with van der Waals surface area (Å²) < 4.78 is 23.6. The van der Waals surface area contributed by atoms with Crippen LogP contribution in [-0.4, -0.2) is 25.9 Å². The number of ether oxygens (including phenoxy) is 4. The Morgan fingerprint density at radius 2 is 1.80 bits per heavy atom.